The van der Waals surface area contributed by atoms with Crippen LogP contribution in [0.4, 0.5) is 5.69 Å². The highest BCUT2D eigenvalue weighted by Crippen LogP contribution is 2.35. The lowest BCUT2D eigenvalue weighted by molar-refractivity contribution is -0.136. The summed E-state index contributed by atoms with van der Waals surface area (Å²) in [5.74, 6) is -0.681. The van der Waals surface area contributed by atoms with Gasteiger partial charge in [0.25, 0.3) is 0 Å². The van der Waals surface area contributed by atoms with E-state index < -0.39 is 11.9 Å². The number of esters is 2. The van der Waals surface area contributed by atoms with Gasteiger partial charge in [0.2, 0.25) is 0 Å². The van der Waals surface area contributed by atoms with Gasteiger partial charge in [0.15, 0.2) is 5.75 Å². The summed E-state index contributed by atoms with van der Waals surface area (Å²) in [6, 6.07) is 5.47. The van der Waals surface area contributed by atoms with E-state index in [9.17, 15) is 9.59 Å². The predicted molar refractivity (Wildman–Crippen MR) is 65.3 cm³/mol. The van der Waals surface area contributed by atoms with Gasteiger partial charge in [-0.25, -0.2) is 9.59 Å². The van der Waals surface area contributed by atoms with Gasteiger partial charge in [0.1, 0.15) is 5.70 Å². The maximum absolute atomic E-state index is 11.8. The van der Waals surface area contributed by atoms with Crippen LogP contribution < -0.4 is 9.64 Å². The Hall–Kier alpha value is -2.30. The summed E-state index contributed by atoms with van der Waals surface area (Å²) in [6.45, 7) is 1.94. The lowest BCUT2D eigenvalue weighted by Crippen LogP contribution is -2.32. The molecule has 94 valence electrons. The SMILES string of the molecule is COC(=O)/C=C1/C(=O)Oc2ccc(C)cc2N1C. The van der Waals surface area contributed by atoms with Gasteiger partial charge in [0.05, 0.1) is 18.9 Å². The molecule has 0 saturated heterocycles. The van der Waals surface area contributed by atoms with E-state index in [0.29, 0.717) is 5.75 Å². The van der Waals surface area contributed by atoms with Crippen molar-refractivity contribution in [3.8, 4) is 5.75 Å². The third-order valence-electron chi connectivity index (χ3n) is 2.70. The molecule has 2 rings (SSSR count). The molecule has 0 atom stereocenters. The van der Waals surface area contributed by atoms with Crippen LogP contribution in [0.2, 0.25) is 0 Å². The molecule has 0 unspecified atom stereocenters. The number of carbonyl (C=O) groups excluding carboxylic acids is 2. The van der Waals surface area contributed by atoms with Crippen LogP contribution >= 0.6 is 0 Å². The van der Waals surface area contributed by atoms with E-state index in [-0.39, 0.29) is 5.70 Å². The molecule has 0 bridgehead atoms. The Morgan fingerprint density at radius 2 is 2.17 bits per heavy atom. The summed E-state index contributed by atoms with van der Waals surface area (Å²) in [5, 5.41) is 0. The van der Waals surface area contributed by atoms with Gasteiger partial charge in [-0.3, -0.25) is 0 Å². The molecule has 1 aliphatic rings. The first-order valence-corrected chi connectivity index (χ1v) is 5.39. The van der Waals surface area contributed by atoms with E-state index in [1.165, 1.54) is 7.11 Å². The third kappa shape index (κ3) is 2.07. The molecule has 0 fully saturated rings. The van der Waals surface area contributed by atoms with E-state index in [0.717, 1.165) is 17.3 Å². The van der Waals surface area contributed by atoms with Gasteiger partial charge in [0, 0.05) is 7.05 Å². The zero-order valence-corrected chi connectivity index (χ0v) is 10.4. The Morgan fingerprint density at radius 1 is 1.44 bits per heavy atom. The first-order chi connectivity index (χ1) is 8.52. The molecule has 1 aromatic rings. The van der Waals surface area contributed by atoms with E-state index in [1.54, 1.807) is 18.0 Å². The van der Waals surface area contributed by atoms with Crippen LogP contribution in [0.5, 0.6) is 5.75 Å². The van der Waals surface area contributed by atoms with E-state index >= 15 is 0 Å². The Morgan fingerprint density at radius 3 is 2.83 bits per heavy atom. The highest BCUT2D eigenvalue weighted by atomic mass is 16.5. The molecule has 0 radical (unpaired) electrons. The van der Waals surface area contributed by atoms with Crippen molar-refractivity contribution in [2.45, 2.75) is 6.92 Å². The summed E-state index contributed by atoms with van der Waals surface area (Å²) in [5.41, 5.74) is 1.93. The monoisotopic (exact) mass is 247 g/mol. The molecular weight excluding hydrogens is 234 g/mol. The van der Waals surface area contributed by atoms with Crippen LogP contribution in [0.25, 0.3) is 0 Å². The second-order valence-corrected chi connectivity index (χ2v) is 3.97. The minimum Gasteiger partial charge on any atom is -0.466 e. The second-order valence-electron chi connectivity index (χ2n) is 3.97. The van der Waals surface area contributed by atoms with Crippen molar-refractivity contribution in [1.29, 1.82) is 0 Å². The minimum absolute atomic E-state index is 0.153. The maximum atomic E-state index is 11.8. The number of hydrogen-bond acceptors (Lipinski definition) is 5. The molecule has 1 aliphatic heterocycles. The Kier molecular flexibility index (Phi) is 3.06. The number of nitrogens with zero attached hydrogens (tertiary/aromatic N) is 1. The van der Waals surface area contributed by atoms with Gasteiger partial charge in [-0.2, -0.15) is 0 Å². The maximum Gasteiger partial charge on any atom is 0.360 e. The van der Waals surface area contributed by atoms with Crippen LogP contribution in [-0.4, -0.2) is 26.1 Å². The molecule has 0 aliphatic carbocycles. The van der Waals surface area contributed by atoms with Gasteiger partial charge in [-0.15, -0.1) is 0 Å². The largest absolute Gasteiger partial charge is 0.466 e. The Balaban J connectivity index is 2.47. The number of anilines is 1. The van der Waals surface area contributed by atoms with E-state index in [4.69, 9.17) is 4.74 Å². The average Bonchev–Trinajstić information content (AvgIpc) is 2.35. The summed E-state index contributed by atoms with van der Waals surface area (Å²) in [6.07, 6.45) is 1.12. The highest BCUT2D eigenvalue weighted by molar-refractivity contribution is 6.03. The summed E-state index contributed by atoms with van der Waals surface area (Å²) < 4.78 is 9.67. The third-order valence-corrected chi connectivity index (χ3v) is 2.70. The quantitative estimate of drug-likeness (QED) is 0.426. The van der Waals surface area contributed by atoms with E-state index in [1.807, 2.05) is 19.1 Å². The number of fused-ring (bicyclic) bond motifs is 1. The fraction of sp³-hybridized carbons (Fsp3) is 0.231. The Bertz CT molecular complexity index is 548. The average molecular weight is 247 g/mol. The molecule has 5 nitrogen and oxygen atoms in total. The van der Waals surface area contributed by atoms with Crippen molar-refractivity contribution in [2.24, 2.45) is 0 Å². The molecule has 1 heterocycles. The normalized spacial score (nSPS) is 16.3. The molecule has 1 aromatic carbocycles. The van der Waals surface area contributed by atoms with Crippen molar-refractivity contribution in [2.75, 3.05) is 19.1 Å². The topological polar surface area (TPSA) is 55.8 Å². The number of likely N-dealkylation sites (N-methyl/N-ethyl adjacent to an activating group) is 1. The molecule has 0 saturated carbocycles. The predicted octanol–water partition coefficient (Wildman–Crippen LogP) is 1.41. The van der Waals surface area contributed by atoms with Gasteiger partial charge < -0.3 is 14.4 Å². The lowest BCUT2D eigenvalue weighted by atomic mass is 10.1. The van der Waals surface area contributed by atoms with Crippen LogP contribution in [0.3, 0.4) is 0 Å². The minimum atomic E-state index is -0.593. The van der Waals surface area contributed by atoms with Gasteiger partial charge >= 0.3 is 11.9 Å². The Labute approximate surface area is 105 Å². The smallest absolute Gasteiger partial charge is 0.360 e. The molecule has 0 amide bonds. The van der Waals surface area contributed by atoms with Gasteiger partial charge in [-0.05, 0) is 24.6 Å². The molecule has 0 N–H and O–H groups in total. The molecule has 0 aromatic heterocycles. The van der Waals surface area contributed by atoms with Crippen LogP contribution in [0.15, 0.2) is 30.0 Å². The molecule has 0 spiro atoms. The van der Waals surface area contributed by atoms with Crippen molar-refractivity contribution in [1.82, 2.24) is 0 Å². The number of ether oxygens (including phenoxy) is 2. The zero-order chi connectivity index (χ0) is 13.3. The first kappa shape index (κ1) is 12.2. The number of aryl methyl sites for hydroxylation is 1. The first-order valence-electron chi connectivity index (χ1n) is 5.39. The number of carbonyl (C=O) groups is 2. The van der Waals surface area contributed by atoms with Crippen LogP contribution in [-0.2, 0) is 14.3 Å². The van der Waals surface area contributed by atoms with Crippen molar-refractivity contribution >= 4 is 17.6 Å². The fourth-order valence-electron chi connectivity index (χ4n) is 1.72. The number of hydrogen-bond donors (Lipinski definition) is 0. The molecule has 18 heavy (non-hydrogen) atoms. The molecule has 5 heteroatoms. The van der Waals surface area contributed by atoms with Crippen LogP contribution in [0, 0.1) is 6.92 Å². The fourth-order valence-corrected chi connectivity index (χ4v) is 1.72. The van der Waals surface area contributed by atoms with Crippen molar-refractivity contribution in [3.63, 3.8) is 0 Å². The van der Waals surface area contributed by atoms with Gasteiger partial charge in [-0.1, -0.05) is 6.07 Å². The summed E-state index contributed by atoms with van der Waals surface area (Å²) >= 11 is 0. The number of methoxy groups -OCH3 is 1. The summed E-state index contributed by atoms with van der Waals surface area (Å²) in [7, 11) is 2.96. The highest BCUT2D eigenvalue weighted by Gasteiger charge is 2.28. The zero-order valence-electron chi connectivity index (χ0n) is 10.4. The molecular formula is C13H13NO4. The van der Waals surface area contributed by atoms with Crippen molar-refractivity contribution < 1.29 is 19.1 Å². The lowest BCUT2D eigenvalue weighted by Gasteiger charge is -2.28. The van der Waals surface area contributed by atoms with Crippen LogP contribution in [0.1, 0.15) is 5.56 Å². The number of rotatable bonds is 1. The van der Waals surface area contributed by atoms with E-state index in [2.05, 4.69) is 4.74 Å². The summed E-state index contributed by atoms with van der Waals surface area (Å²) in [4.78, 5) is 24.6. The second kappa shape index (κ2) is 4.52. The van der Waals surface area contributed by atoms with Crippen molar-refractivity contribution in [3.05, 3.63) is 35.5 Å². The number of benzene rings is 1. The standard InChI is InChI=1S/C13H13NO4/c1-8-4-5-11-9(6-8)14(2)10(13(16)18-11)7-12(15)17-3/h4-7H,1-3H3/b10-7-.